The van der Waals surface area contributed by atoms with Crippen molar-refractivity contribution in [3.05, 3.63) is 65.2 Å². The van der Waals surface area contributed by atoms with Gasteiger partial charge in [0.25, 0.3) is 5.91 Å². The van der Waals surface area contributed by atoms with Crippen molar-refractivity contribution in [2.75, 3.05) is 23.7 Å². The van der Waals surface area contributed by atoms with Gasteiger partial charge in [-0.05, 0) is 42.4 Å². The number of carbonyl (C=O) groups is 3. The van der Waals surface area contributed by atoms with Gasteiger partial charge in [0.05, 0.1) is 5.69 Å². The van der Waals surface area contributed by atoms with Crippen LogP contribution in [0.1, 0.15) is 23.6 Å². The summed E-state index contributed by atoms with van der Waals surface area (Å²) in [5.41, 5.74) is 3.95. The first-order valence-corrected chi connectivity index (χ1v) is 13.3. The molecule has 3 heterocycles. The number of rotatable bonds is 4. The summed E-state index contributed by atoms with van der Waals surface area (Å²) >= 11 is 2.95. The predicted molar refractivity (Wildman–Crippen MR) is 137 cm³/mol. The average molecular weight is 495 g/mol. The molecule has 0 spiro atoms. The van der Waals surface area contributed by atoms with Gasteiger partial charge >= 0.3 is 6.03 Å². The molecule has 0 saturated carbocycles. The SMILES string of the molecule is CCSC1=NC2C(S1)C(=O)N(c1ccc(C)cc1)C(=O)N2CC(=O)N1CCc2ccccc2C1. The lowest BCUT2D eigenvalue weighted by Crippen LogP contribution is -2.63. The van der Waals surface area contributed by atoms with Crippen LogP contribution in [0.5, 0.6) is 0 Å². The highest BCUT2D eigenvalue weighted by molar-refractivity contribution is 8.39. The van der Waals surface area contributed by atoms with E-state index in [1.807, 2.05) is 44.2 Å². The minimum Gasteiger partial charge on any atom is -0.336 e. The van der Waals surface area contributed by atoms with Gasteiger partial charge in [0, 0.05) is 13.1 Å². The molecule has 176 valence electrons. The van der Waals surface area contributed by atoms with E-state index in [4.69, 9.17) is 0 Å². The van der Waals surface area contributed by atoms with Crippen molar-refractivity contribution in [1.82, 2.24) is 9.80 Å². The van der Waals surface area contributed by atoms with Crippen LogP contribution < -0.4 is 4.90 Å². The van der Waals surface area contributed by atoms with Crippen LogP contribution in [0.4, 0.5) is 10.5 Å². The van der Waals surface area contributed by atoms with Gasteiger partial charge < -0.3 is 4.90 Å². The minimum absolute atomic E-state index is 0.105. The monoisotopic (exact) mass is 494 g/mol. The lowest BCUT2D eigenvalue weighted by atomic mass is 10.00. The van der Waals surface area contributed by atoms with E-state index in [9.17, 15) is 14.4 Å². The fourth-order valence-corrected chi connectivity index (χ4v) is 6.78. The summed E-state index contributed by atoms with van der Waals surface area (Å²) in [7, 11) is 0. The second kappa shape index (κ2) is 9.46. The van der Waals surface area contributed by atoms with Gasteiger partial charge in [0.15, 0.2) is 0 Å². The Morgan fingerprint density at radius 3 is 2.59 bits per heavy atom. The summed E-state index contributed by atoms with van der Waals surface area (Å²) in [6.07, 6.45) is 0.128. The molecule has 1 saturated heterocycles. The van der Waals surface area contributed by atoms with E-state index >= 15 is 0 Å². The van der Waals surface area contributed by atoms with Crippen molar-refractivity contribution in [2.24, 2.45) is 4.99 Å². The van der Waals surface area contributed by atoms with Gasteiger partial charge in [-0.3, -0.25) is 14.5 Å². The summed E-state index contributed by atoms with van der Waals surface area (Å²) in [6, 6.07) is 14.9. The zero-order valence-electron chi connectivity index (χ0n) is 19.1. The van der Waals surface area contributed by atoms with Crippen LogP contribution in [0.3, 0.4) is 0 Å². The molecule has 0 radical (unpaired) electrons. The second-order valence-electron chi connectivity index (χ2n) is 8.53. The van der Waals surface area contributed by atoms with Gasteiger partial charge in [0.2, 0.25) is 5.91 Å². The van der Waals surface area contributed by atoms with Crippen molar-refractivity contribution in [1.29, 1.82) is 0 Å². The summed E-state index contributed by atoms with van der Waals surface area (Å²) in [6.45, 7) is 5.02. The number of hydrogen-bond acceptors (Lipinski definition) is 6. The third-order valence-electron chi connectivity index (χ3n) is 6.31. The van der Waals surface area contributed by atoms with E-state index in [-0.39, 0.29) is 18.4 Å². The van der Waals surface area contributed by atoms with Crippen LogP contribution in [0.15, 0.2) is 53.5 Å². The van der Waals surface area contributed by atoms with E-state index in [0.29, 0.717) is 18.8 Å². The first kappa shape index (κ1) is 23.0. The molecule has 7 nitrogen and oxygen atoms in total. The van der Waals surface area contributed by atoms with E-state index < -0.39 is 17.4 Å². The van der Waals surface area contributed by atoms with Crippen LogP contribution in [0, 0.1) is 6.92 Å². The number of amides is 4. The Kier molecular flexibility index (Phi) is 6.40. The highest BCUT2D eigenvalue weighted by Gasteiger charge is 2.51. The van der Waals surface area contributed by atoms with Crippen LogP contribution in [0.25, 0.3) is 0 Å². The van der Waals surface area contributed by atoms with E-state index in [1.54, 1.807) is 28.8 Å². The van der Waals surface area contributed by atoms with Crippen LogP contribution >= 0.6 is 23.5 Å². The molecule has 0 aromatic heterocycles. The Labute approximate surface area is 207 Å². The topological polar surface area (TPSA) is 73.3 Å². The maximum atomic E-state index is 13.6. The van der Waals surface area contributed by atoms with Gasteiger partial charge in [-0.25, -0.2) is 14.7 Å². The molecule has 0 aliphatic carbocycles. The molecule has 2 unspecified atom stereocenters. The molecule has 1 fully saturated rings. The standard InChI is InChI=1S/C25H26N4O3S2/c1-3-33-24-26-22-21(34-24)23(31)29(19-10-8-16(2)9-11-19)25(32)28(22)15-20(30)27-13-12-17-6-4-5-7-18(17)14-27/h4-11,21-22H,3,12-15H2,1-2H3. The summed E-state index contributed by atoms with van der Waals surface area (Å²) in [5, 5.41) is -0.553. The number of thioether (sulfide) groups is 2. The zero-order valence-corrected chi connectivity index (χ0v) is 20.8. The minimum atomic E-state index is -0.665. The first-order valence-electron chi connectivity index (χ1n) is 11.4. The Morgan fingerprint density at radius 1 is 1.12 bits per heavy atom. The van der Waals surface area contributed by atoms with Crippen LogP contribution in [-0.2, 0) is 22.6 Å². The number of aliphatic imine (C=N–C) groups is 1. The Bertz CT molecular complexity index is 1170. The molecule has 0 N–H and O–H groups in total. The molecule has 9 heteroatoms. The van der Waals surface area contributed by atoms with Crippen molar-refractivity contribution < 1.29 is 14.4 Å². The molecule has 4 amide bonds. The highest BCUT2D eigenvalue weighted by atomic mass is 32.2. The van der Waals surface area contributed by atoms with Gasteiger partial charge in [0.1, 0.15) is 22.3 Å². The number of aryl methyl sites for hydroxylation is 1. The summed E-state index contributed by atoms with van der Waals surface area (Å²) in [5.74, 6) is 0.410. The predicted octanol–water partition coefficient (Wildman–Crippen LogP) is 3.90. The third-order valence-corrected chi connectivity index (χ3v) is 8.59. The molecule has 3 aliphatic rings. The molecule has 3 aliphatic heterocycles. The second-order valence-corrected chi connectivity index (χ2v) is 11.2. The molecule has 2 aromatic rings. The number of anilines is 1. The van der Waals surface area contributed by atoms with Crippen molar-refractivity contribution in [3.8, 4) is 0 Å². The van der Waals surface area contributed by atoms with E-state index in [2.05, 4.69) is 11.1 Å². The number of fused-ring (bicyclic) bond motifs is 2. The molecule has 5 rings (SSSR count). The molecule has 2 atom stereocenters. The van der Waals surface area contributed by atoms with Gasteiger partial charge in [-0.1, -0.05) is 60.6 Å². The zero-order chi connectivity index (χ0) is 23.8. The molecule has 34 heavy (non-hydrogen) atoms. The molecule has 2 aromatic carbocycles. The third kappa shape index (κ3) is 4.22. The Hall–Kier alpha value is -2.78. The normalized spacial score (nSPS) is 21.9. The lowest BCUT2D eigenvalue weighted by molar-refractivity contribution is -0.134. The lowest BCUT2D eigenvalue weighted by Gasteiger charge is -2.40. The smallest absolute Gasteiger partial charge is 0.333 e. The highest BCUT2D eigenvalue weighted by Crippen LogP contribution is 2.39. The average Bonchev–Trinajstić information content (AvgIpc) is 3.27. The number of hydrogen-bond donors (Lipinski definition) is 0. The van der Waals surface area contributed by atoms with Crippen molar-refractivity contribution >= 4 is 51.4 Å². The Morgan fingerprint density at radius 2 is 1.85 bits per heavy atom. The van der Waals surface area contributed by atoms with Gasteiger partial charge in [-0.15, -0.1) is 11.8 Å². The molecular weight excluding hydrogens is 468 g/mol. The van der Waals surface area contributed by atoms with E-state index in [1.165, 1.54) is 27.1 Å². The molecular formula is C25H26N4O3S2. The molecule has 0 bridgehead atoms. The van der Waals surface area contributed by atoms with Crippen molar-refractivity contribution in [3.63, 3.8) is 0 Å². The number of urea groups is 1. The quantitative estimate of drug-likeness (QED) is 0.645. The van der Waals surface area contributed by atoms with Crippen LogP contribution in [0.2, 0.25) is 0 Å². The maximum Gasteiger partial charge on any atom is 0.333 e. The Balaban J connectivity index is 1.42. The maximum absolute atomic E-state index is 13.6. The number of benzene rings is 2. The first-order chi connectivity index (χ1) is 16.5. The van der Waals surface area contributed by atoms with Crippen molar-refractivity contribution in [2.45, 2.75) is 38.2 Å². The largest absolute Gasteiger partial charge is 0.336 e. The summed E-state index contributed by atoms with van der Waals surface area (Å²) in [4.78, 5) is 49.5. The van der Waals surface area contributed by atoms with Gasteiger partial charge in [-0.2, -0.15) is 0 Å². The fourth-order valence-electron chi connectivity index (χ4n) is 4.49. The fraction of sp³-hybridized carbons (Fsp3) is 0.360. The number of carbonyl (C=O) groups excluding carboxylic acids is 3. The summed E-state index contributed by atoms with van der Waals surface area (Å²) < 4.78 is 0.786. The number of nitrogens with zero attached hydrogens (tertiary/aromatic N) is 4. The number of imide groups is 1. The van der Waals surface area contributed by atoms with E-state index in [0.717, 1.165) is 27.7 Å². The van der Waals surface area contributed by atoms with Crippen LogP contribution in [-0.4, -0.2) is 62.3 Å².